The number of rotatable bonds is 2. The summed E-state index contributed by atoms with van der Waals surface area (Å²) in [7, 11) is 0. The number of anilines is 1. The standard InChI is InChI=1S/C19H17N3O2/c1-13(23)22-9-8-15-6-7-18(10-17(15)12-22)21-19(24)16-4-2-14(11-20)3-5-16/h2-7,10H,8-9,12H2,1H3,(H,21,24). The van der Waals surface area contributed by atoms with Crippen LogP contribution in [0.25, 0.3) is 0 Å². The van der Waals surface area contributed by atoms with Gasteiger partial charge in [0.15, 0.2) is 0 Å². The van der Waals surface area contributed by atoms with Gasteiger partial charge in [-0.05, 0) is 53.9 Å². The van der Waals surface area contributed by atoms with Crippen LogP contribution < -0.4 is 5.32 Å². The number of fused-ring (bicyclic) bond motifs is 1. The summed E-state index contributed by atoms with van der Waals surface area (Å²) in [6.45, 7) is 2.88. The first-order valence-electron chi connectivity index (χ1n) is 7.75. The molecule has 2 aromatic carbocycles. The fourth-order valence-corrected chi connectivity index (χ4v) is 2.80. The van der Waals surface area contributed by atoms with Crippen molar-refractivity contribution in [1.82, 2.24) is 4.90 Å². The zero-order chi connectivity index (χ0) is 17.1. The summed E-state index contributed by atoms with van der Waals surface area (Å²) < 4.78 is 0. The molecule has 0 saturated heterocycles. The van der Waals surface area contributed by atoms with E-state index in [2.05, 4.69) is 5.32 Å². The van der Waals surface area contributed by atoms with Crippen molar-refractivity contribution in [3.63, 3.8) is 0 Å². The van der Waals surface area contributed by atoms with Crippen LogP contribution in [0, 0.1) is 11.3 Å². The molecule has 120 valence electrons. The molecule has 0 spiro atoms. The molecule has 0 saturated carbocycles. The molecule has 0 aliphatic carbocycles. The van der Waals surface area contributed by atoms with E-state index in [4.69, 9.17) is 5.26 Å². The Kier molecular flexibility index (Phi) is 4.30. The summed E-state index contributed by atoms with van der Waals surface area (Å²) in [4.78, 5) is 25.6. The number of hydrogen-bond acceptors (Lipinski definition) is 3. The number of carbonyl (C=O) groups excluding carboxylic acids is 2. The minimum atomic E-state index is -0.223. The molecule has 0 bridgehead atoms. The molecule has 0 fully saturated rings. The van der Waals surface area contributed by atoms with Crippen LogP contribution in [0.15, 0.2) is 42.5 Å². The Bertz CT molecular complexity index is 835. The summed E-state index contributed by atoms with van der Waals surface area (Å²) in [6, 6.07) is 14.3. The molecule has 0 radical (unpaired) electrons. The van der Waals surface area contributed by atoms with E-state index in [1.807, 2.05) is 24.3 Å². The Balaban J connectivity index is 1.76. The normalized spacial score (nSPS) is 12.9. The smallest absolute Gasteiger partial charge is 0.255 e. The predicted octanol–water partition coefficient (Wildman–Crippen LogP) is 2.72. The zero-order valence-electron chi connectivity index (χ0n) is 13.4. The van der Waals surface area contributed by atoms with Gasteiger partial charge in [0.1, 0.15) is 0 Å². The second-order valence-electron chi connectivity index (χ2n) is 5.82. The highest BCUT2D eigenvalue weighted by Crippen LogP contribution is 2.23. The summed E-state index contributed by atoms with van der Waals surface area (Å²) >= 11 is 0. The third-order valence-corrected chi connectivity index (χ3v) is 4.20. The zero-order valence-corrected chi connectivity index (χ0v) is 13.4. The molecular formula is C19H17N3O2. The minimum absolute atomic E-state index is 0.0627. The summed E-state index contributed by atoms with van der Waals surface area (Å²) in [5.41, 5.74) is 3.99. The highest BCUT2D eigenvalue weighted by molar-refractivity contribution is 6.04. The lowest BCUT2D eigenvalue weighted by atomic mass is 9.99. The van der Waals surface area contributed by atoms with E-state index in [0.717, 1.165) is 18.5 Å². The van der Waals surface area contributed by atoms with Crippen LogP contribution in [-0.4, -0.2) is 23.3 Å². The van der Waals surface area contributed by atoms with E-state index in [-0.39, 0.29) is 11.8 Å². The van der Waals surface area contributed by atoms with Gasteiger partial charge < -0.3 is 10.2 Å². The molecular weight excluding hydrogens is 302 g/mol. The SMILES string of the molecule is CC(=O)N1CCc2ccc(NC(=O)c3ccc(C#N)cc3)cc2C1. The van der Waals surface area contributed by atoms with Gasteiger partial charge in [0.25, 0.3) is 5.91 Å². The molecule has 1 aliphatic rings. The Morgan fingerprint density at radius 1 is 1.12 bits per heavy atom. The monoisotopic (exact) mass is 319 g/mol. The molecule has 5 nitrogen and oxygen atoms in total. The van der Waals surface area contributed by atoms with Crippen molar-refractivity contribution in [2.24, 2.45) is 0 Å². The van der Waals surface area contributed by atoms with Crippen molar-refractivity contribution in [2.75, 3.05) is 11.9 Å². The summed E-state index contributed by atoms with van der Waals surface area (Å²) in [6.07, 6.45) is 0.832. The Hall–Kier alpha value is -3.13. The van der Waals surface area contributed by atoms with E-state index in [1.54, 1.807) is 36.1 Å². The maximum absolute atomic E-state index is 12.3. The van der Waals surface area contributed by atoms with Gasteiger partial charge in [0.2, 0.25) is 5.91 Å². The fraction of sp³-hybridized carbons (Fsp3) is 0.211. The maximum atomic E-state index is 12.3. The number of nitriles is 1. The lowest BCUT2D eigenvalue weighted by Gasteiger charge is -2.28. The molecule has 1 N–H and O–H groups in total. The lowest BCUT2D eigenvalue weighted by Crippen LogP contribution is -2.34. The molecule has 0 aromatic heterocycles. The quantitative estimate of drug-likeness (QED) is 0.925. The Morgan fingerprint density at radius 3 is 2.54 bits per heavy atom. The predicted molar refractivity (Wildman–Crippen MR) is 90.3 cm³/mol. The molecule has 0 unspecified atom stereocenters. The molecule has 3 rings (SSSR count). The first-order valence-corrected chi connectivity index (χ1v) is 7.75. The Morgan fingerprint density at radius 2 is 1.88 bits per heavy atom. The fourth-order valence-electron chi connectivity index (χ4n) is 2.80. The van der Waals surface area contributed by atoms with Crippen LogP contribution in [0.1, 0.15) is 34.0 Å². The van der Waals surface area contributed by atoms with Crippen LogP contribution in [0.4, 0.5) is 5.69 Å². The van der Waals surface area contributed by atoms with E-state index in [9.17, 15) is 9.59 Å². The van der Waals surface area contributed by atoms with Gasteiger partial charge in [-0.2, -0.15) is 5.26 Å². The number of nitrogens with zero attached hydrogens (tertiary/aromatic N) is 2. The van der Waals surface area contributed by atoms with Gasteiger partial charge in [-0.1, -0.05) is 6.07 Å². The van der Waals surface area contributed by atoms with Crippen molar-refractivity contribution >= 4 is 17.5 Å². The number of nitrogens with one attached hydrogen (secondary N) is 1. The van der Waals surface area contributed by atoms with Gasteiger partial charge in [0.05, 0.1) is 11.6 Å². The second-order valence-corrected chi connectivity index (χ2v) is 5.82. The van der Waals surface area contributed by atoms with Crippen molar-refractivity contribution in [3.8, 4) is 6.07 Å². The second kappa shape index (κ2) is 6.55. The lowest BCUT2D eigenvalue weighted by molar-refractivity contribution is -0.129. The summed E-state index contributed by atoms with van der Waals surface area (Å²) in [5.74, 6) is -0.161. The van der Waals surface area contributed by atoms with Gasteiger partial charge in [-0.15, -0.1) is 0 Å². The number of amides is 2. The first-order chi connectivity index (χ1) is 11.6. The molecule has 24 heavy (non-hydrogen) atoms. The summed E-state index contributed by atoms with van der Waals surface area (Å²) in [5, 5.41) is 11.7. The minimum Gasteiger partial charge on any atom is -0.338 e. The third kappa shape index (κ3) is 3.28. The number of benzene rings is 2. The van der Waals surface area contributed by atoms with E-state index in [0.29, 0.717) is 23.4 Å². The van der Waals surface area contributed by atoms with Gasteiger partial charge >= 0.3 is 0 Å². The first kappa shape index (κ1) is 15.8. The van der Waals surface area contributed by atoms with Crippen molar-refractivity contribution < 1.29 is 9.59 Å². The molecule has 1 aliphatic heterocycles. The van der Waals surface area contributed by atoms with Gasteiger partial charge in [-0.25, -0.2) is 0 Å². The van der Waals surface area contributed by atoms with Crippen LogP contribution in [0.2, 0.25) is 0 Å². The van der Waals surface area contributed by atoms with Crippen molar-refractivity contribution in [3.05, 3.63) is 64.7 Å². The Labute approximate surface area is 140 Å². The average Bonchev–Trinajstić information content (AvgIpc) is 2.61. The molecule has 2 amide bonds. The van der Waals surface area contributed by atoms with Crippen LogP contribution in [-0.2, 0) is 17.8 Å². The number of hydrogen-bond donors (Lipinski definition) is 1. The third-order valence-electron chi connectivity index (χ3n) is 4.20. The van der Waals surface area contributed by atoms with Crippen LogP contribution in [0.5, 0.6) is 0 Å². The van der Waals surface area contributed by atoms with Crippen molar-refractivity contribution in [1.29, 1.82) is 5.26 Å². The van der Waals surface area contributed by atoms with Crippen LogP contribution >= 0.6 is 0 Å². The van der Waals surface area contributed by atoms with Crippen molar-refractivity contribution in [2.45, 2.75) is 19.9 Å². The molecule has 5 heteroatoms. The molecule has 0 atom stereocenters. The number of carbonyl (C=O) groups is 2. The van der Waals surface area contributed by atoms with E-state index < -0.39 is 0 Å². The van der Waals surface area contributed by atoms with E-state index in [1.165, 1.54) is 5.56 Å². The average molecular weight is 319 g/mol. The highest BCUT2D eigenvalue weighted by Gasteiger charge is 2.18. The maximum Gasteiger partial charge on any atom is 0.255 e. The molecule has 1 heterocycles. The topological polar surface area (TPSA) is 73.2 Å². The van der Waals surface area contributed by atoms with E-state index >= 15 is 0 Å². The van der Waals surface area contributed by atoms with Gasteiger partial charge in [-0.3, -0.25) is 9.59 Å². The molecule has 2 aromatic rings. The van der Waals surface area contributed by atoms with Crippen LogP contribution in [0.3, 0.4) is 0 Å². The van der Waals surface area contributed by atoms with Gasteiger partial charge in [0, 0.05) is 31.3 Å². The largest absolute Gasteiger partial charge is 0.338 e. The highest BCUT2D eigenvalue weighted by atomic mass is 16.2.